The summed E-state index contributed by atoms with van der Waals surface area (Å²) in [6.45, 7) is 0. The molecule has 1 aliphatic heterocycles. The molecule has 22 heavy (non-hydrogen) atoms. The fraction of sp³-hybridized carbons (Fsp3) is 0.125. The number of thioether (sulfide) groups is 1. The van der Waals surface area contributed by atoms with Gasteiger partial charge in [0.1, 0.15) is 0 Å². The number of amides is 1. The summed E-state index contributed by atoms with van der Waals surface area (Å²) in [4.78, 5) is 20.4. The highest BCUT2D eigenvalue weighted by molar-refractivity contribution is 8.14. The zero-order valence-corrected chi connectivity index (χ0v) is 12.4. The van der Waals surface area contributed by atoms with Gasteiger partial charge in [0.25, 0.3) is 0 Å². The number of carbonyl (C=O) groups excluding carboxylic acids is 1. The Morgan fingerprint density at radius 1 is 1.32 bits per heavy atom. The standard InChI is InChI=1S/C16H12N4OS/c17-8-11-1-3-13(4-2-11)19-15(21)10-22-16-7-12-5-6-18-9-14(12)20-16/h1-6,9H,7,10H2,(H,19,21). The second-order valence-corrected chi connectivity index (χ2v) is 5.76. The number of anilines is 1. The number of hydrogen-bond acceptors (Lipinski definition) is 5. The first kappa shape index (κ1) is 14.3. The van der Waals surface area contributed by atoms with Gasteiger partial charge in [-0.2, -0.15) is 5.26 Å². The molecule has 0 radical (unpaired) electrons. The first-order valence-corrected chi connectivity index (χ1v) is 7.66. The van der Waals surface area contributed by atoms with E-state index >= 15 is 0 Å². The van der Waals surface area contributed by atoms with Crippen molar-refractivity contribution >= 4 is 34.1 Å². The van der Waals surface area contributed by atoms with Crippen LogP contribution >= 0.6 is 11.8 Å². The second kappa shape index (κ2) is 6.41. The average molecular weight is 308 g/mol. The molecule has 1 aromatic carbocycles. The van der Waals surface area contributed by atoms with E-state index in [1.54, 1.807) is 36.7 Å². The van der Waals surface area contributed by atoms with Crippen LogP contribution in [0.25, 0.3) is 0 Å². The molecule has 2 aromatic rings. The molecule has 1 aromatic heterocycles. The lowest BCUT2D eigenvalue weighted by Gasteiger charge is -2.05. The number of carbonyl (C=O) groups is 1. The number of nitrogens with zero attached hydrogens (tertiary/aromatic N) is 3. The van der Waals surface area contributed by atoms with Gasteiger partial charge in [-0.05, 0) is 35.9 Å². The summed E-state index contributed by atoms with van der Waals surface area (Å²) in [5.41, 5.74) is 3.28. The Balaban J connectivity index is 1.52. The monoisotopic (exact) mass is 308 g/mol. The Hall–Kier alpha value is -2.65. The quantitative estimate of drug-likeness (QED) is 0.945. The van der Waals surface area contributed by atoms with Crippen LogP contribution in [0.3, 0.4) is 0 Å². The number of hydrogen-bond donors (Lipinski definition) is 1. The number of nitrogens with one attached hydrogen (secondary N) is 1. The van der Waals surface area contributed by atoms with E-state index in [1.165, 1.54) is 11.8 Å². The molecule has 0 atom stereocenters. The summed E-state index contributed by atoms with van der Waals surface area (Å²) in [5.74, 6) is 0.215. The molecule has 5 nitrogen and oxygen atoms in total. The molecular formula is C16H12N4OS. The van der Waals surface area contributed by atoms with Crippen LogP contribution in [0.4, 0.5) is 11.4 Å². The maximum atomic E-state index is 11.9. The largest absolute Gasteiger partial charge is 0.325 e. The van der Waals surface area contributed by atoms with E-state index in [1.807, 2.05) is 12.1 Å². The molecule has 1 amide bonds. The van der Waals surface area contributed by atoms with E-state index in [2.05, 4.69) is 15.3 Å². The molecular weight excluding hydrogens is 296 g/mol. The first-order chi connectivity index (χ1) is 10.7. The fourth-order valence-electron chi connectivity index (χ4n) is 2.06. The molecule has 0 spiro atoms. The molecule has 108 valence electrons. The van der Waals surface area contributed by atoms with Gasteiger partial charge < -0.3 is 5.32 Å². The molecule has 0 bridgehead atoms. The van der Waals surface area contributed by atoms with Gasteiger partial charge in [0.2, 0.25) is 5.91 Å². The summed E-state index contributed by atoms with van der Waals surface area (Å²) >= 11 is 1.43. The topological polar surface area (TPSA) is 78.1 Å². The van der Waals surface area contributed by atoms with Crippen molar-refractivity contribution in [1.82, 2.24) is 4.98 Å². The third-order valence-electron chi connectivity index (χ3n) is 3.14. The van der Waals surface area contributed by atoms with Crippen molar-refractivity contribution in [3.05, 3.63) is 53.9 Å². The van der Waals surface area contributed by atoms with E-state index in [4.69, 9.17) is 5.26 Å². The minimum Gasteiger partial charge on any atom is -0.325 e. The Morgan fingerprint density at radius 2 is 2.14 bits per heavy atom. The van der Waals surface area contributed by atoms with Crippen LogP contribution in [-0.4, -0.2) is 21.7 Å². The van der Waals surface area contributed by atoms with Crippen LogP contribution in [0, 0.1) is 11.3 Å². The van der Waals surface area contributed by atoms with Crippen molar-refractivity contribution in [2.75, 3.05) is 11.1 Å². The van der Waals surface area contributed by atoms with Crippen molar-refractivity contribution in [2.45, 2.75) is 6.42 Å². The maximum Gasteiger partial charge on any atom is 0.234 e. The molecule has 2 heterocycles. The maximum absolute atomic E-state index is 11.9. The Labute approximate surface area is 132 Å². The van der Waals surface area contributed by atoms with E-state index in [0.717, 1.165) is 22.7 Å². The normalized spacial score (nSPS) is 12.2. The molecule has 0 saturated heterocycles. The number of benzene rings is 1. The van der Waals surface area contributed by atoms with Crippen molar-refractivity contribution in [1.29, 1.82) is 5.26 Å². The highest BCUT2D eigenvalue weighted by Gasteiger charge is 2.15. The van der Waals surface area contributed by atoms with Crippen molar-refractivity contribution < 1.29 is 4.79 Å². The van der Waals surface area contributed by atoms with Crippen molar-refractivity contribution in [3.63, 3.8) is 0 Å². The number of nitriles is 1. The molecule has 0 fully saturated rings. The predicted octanol–water partition coefficient (Wildman–Crippen LogP) is 2.91. The number of fused-ring (bicyclic) bond motifs is 1. The fourth-order valence-corrected chi connectivity index (χ4v) is 2.85. The summed E-state index contributed by atoms with van der Waals surface area (Å²) in [6.07, 6.45) is 4.24. The molecule has 3 rings (SSSR count). The summed E-state index contributed by atoms with van der Waals surface area (Å²) in [5, 5.41) is 12.5. The summed E-state index contributed by atoms with van der Waals surface area (Å²) in [7, 11) is 0. The Bertz CT molecular complexity index is 777. The van der Waals surface area contributed by atoms with Crippen LogP contribution in [-0.2, 0) is 11.2 Å². The third-order valence-corrected chi connectivity index (χ3v) is 4.12. The first-order valence-electron chi connectivity index (χ1n) is 6.68. The van der Waals surface area contributed by atoms with Gasteiger partial charge >= 0.3 is 0 Å². The van der Waals surface area contributed by atoms with Crippen LogP contribution in [0.1, 0.15) is 11.1 Å². The minimum atomic E-state index is -0.0912. The van der Waals surface area contributed by atoms with E-state index in [9.17, 15) is 4.79 Å². The number of pyridine rings is 1. The lowest BCUT2D eigenvalue weighted by atomic mass is 10.2. The third kappa shape index (κ3) is 3.32. The zero-order valence-electron chi connectivity index (χ0n) is 11.6. The van der Waals surface area contributed by atoms with Crippen LogP contribution in [0.2, 0.25) is 0 Å². The number of rotatable bonds is 3. The molecule has 6 heteroatoms. The molecule has 1 N–H and O–H groups in total. The van der Waals surface area contributed by atoms with Crippen LogP contribution in [0.5, 0.6) is 0 Å². The van der Waals surface area contributed by atoms with Crippen LogP contribution in [0.15, 0.2) is 47.7 Å². The average Bonchev–Trinajstić information content (AvgIpc) is 2.96. The Kier molecular flexibility index (Phi) is 4.17. The van der Waals surface area contributed by atoms with E-state index in [-0.39, 0.29) is 5.91 Å². The highest BCUT2D eigenvalue weighted by atomic mass is 32.2. The van der Waals surface area contributed by atoms with Crippen LogP contribution < -0.4 is 5.32 Å². The van der Waals surface area contributed by atoms with Gasteiger partial charge in [-0.15, -0.1) is 11.8 Å². The smallest absolute Gasteiger partial charge is 0.234 e. The Morgan fingerprint density at radius 3 is 2.86 bits per heavy atom. The second-order valence-electron chi connectivity index (χ2n) is 4.71. The van der Waals surface area contributed by atoms with Crippen molar-refractivity contribution in [2.24, 2.45) is 4.99 Å². The van der Waals surface area contributed by atoms with Gasteiger partial charge in [0.05, 0.1) is 34.3 Å². The highest BCUT2D eigenvalue weighted by Crippen LogP contribution is 2.28. The lowest BCUT2D eigenvalue weighted by molar-refractivity contribution is -0.113. The predicted molar refractivity (Wildman–Crippen MR) is 87.3 cm³/mol. The van der Waals surface area contributed by atoms with Gasteiger partial charge in [0, 0.05) is 18.3 Å². The van der Waals surface area contributed by atoms with Gasteiger partial charge in [-0.1, -0.05) is 0 Å². The number of aromatic nitrogens is 1. The molecule has 0 saturated carbocycles. The van der Waals surface area contributed by atoms with Gasteiger partial charge in [-0.25, -0.2) is 4.99 Å². The summed E-state index contributed by atoms with van der Waals surface area (Å²) < 4.78 is 0. The zero-order chi connectivity index (χ0) is 15.4. The van der Waals surface area contributed by atoms with E-state index in [0.29, 0.717) is 17.0 Å². The number of aliphatic imine (C=N–C) groups is 1. The molecule has 0 unspecified atom stereocenters. The lowest BCUT2D eigenvalue weighted by Crippen LogP contribution is -2.15. The SMILES string of the molecule is N#Cc1ccc(NC(=O)CSC2=Nc3cnccc3C2)cc1. The van der Waals surface area contributed by atoms with Crippen molar-refractivity contribution in [3.8, 4) is 6.07 Å². The molecule has 1 aliphatic rings. The van der Waals surface area contributed by atoms with Gasteiger partial charge in [0.15, 0.2) is 0 Å². The summed E-state index contributed by atoms with van der Waals surface area (Å²) in [6, 6.07) is 10.8. The van der Waals surface area contributed by atoms with E-state index < -0.39 is 0 Å². The van der Waals surface area contributed by atoms with Gasteiger partial charge in [-0.3, -0.25) is 9.78 Å². The minimum absolute atomic E-state index is 0.0912. The molecule has 0 aliphatic carbocycles.